The van der Waals surface area contributed by atoms with Crippen LogP contribution in [0.1, 0.15) is 42.6 Å². The van der Waals surface area contributed by atoms with Gasteiger partial charge in [0.05, 0.1) is 0 Å². The highest BCUT2D eigenvalue weighted by Gasteiger charge is 2.40. The minimum absolute atomic E-state index is 0.174. The van der Waals surface area contributed by atoms with Crippen LogP contribution < -0.4 is 10.2 Å². The van der Waals surface area contributed by atoms with Gasteiger partial charge in [-0.1, -0.05) is 0 Å². The van der Waals surface area contributed by atoms with Crippen LogP contribution >= 0.6 is 0 Å². The highest BCUT2D eigenvalue weighted by molar-refractivity contribution is 5.99. The van der Waals surface area contributed by atoms with Crippen molar-refractivity contribution < 1.29 is 9.53 Å². The average Bonchev–Trinajstić information content (AvgIpc) is 2.86. The van der Waals surface area contributed by atoms with Crippen LogP contribution in [-0.2, 0) is 10.3 Å². The first-order valence-corrected chi connectivity index (χ1v) is 8.56. The molecule has 7 heteroatoms. The van der Waals surface area contributed by atoms with E-state index in [1.165, 1.54) is 0 Å². The van der Waals surface area contributed by atoms with E-state index in [4.69, 9.17) is 4.74 Å². The van der Waals surface area contributed by atoms with Crippen LogP contribution in [0.3, 0.4) is 0 Å². The van der Waals surface area contributed by atoms with Gasteiger partial charge in [0.2, 0.25) is 5.95 Å². The summed E-state index contributed by atoms with van der Waals surface area (Å²) in [4.78, 5) is 27.5. The van der Waals surface area contributed by atoms with E-state index >= 15 is 0 Å². The molecule has 1 saturated heterocycles. The summed E-state index contributed by atoms with van der Waals surface area (Å²) in [7, 11) is 0. The SMILES string of the molecule is CC1(C)OC(=O)c2c1ccnc2NC1CCCN(c2ncccn2)C1. The molecule has 0 amide bonds. The van der Waals surface area contributed by atoms with Crippen molar-refractivity contribution in [3.63, 3.8) is 0 Å². The van der Waals surface area contributed by atoms with Gasteiger partial charge in [0, 0.05) is 43.3 Å². The van der Waals surface area contributed by atoms with Gasteiger partial charge in [-0.2, -0.15) is 0 Å². The van der Waals surface area contributed by atoms with Crippen molar-refractivity contribution in [2.45, 2.75) is 38.3 Å². The van der Waals surface area contributed by atoms with Crippen LogP contribution in [-0.4, -0.2) is 40.1 Å². The number of carbonyl (C=O) groups is 1. The molecule has 0 aliphatic carbocycles. The van der Waals surface area contributed by atoms with Crippen molar-refractivity contribution in [2.75, 3.05) is 23.3 Å². The van der Waals surface area contributed by atoms with Gasteiger partial charge in [0.25, 0.3) is 0 Å². The topological polar surface area (TPSA) is 80.2 Å². The van der Waals surface area contributed by atoms with Gasteiger partial charge in [-0.05, 0) is 38.8 Å². The van der Waals surface area contributed by atoms with Crippen molar-refractivity contribution in [1.82, 2.24) is 15.0 Å². The van der Waals surface area contributed by atoms with Crippen molar-refractivity contribution in [1.29, 1.82) is 0 Å². The minimum atomic E-state index is -0.609. The average molecular weight is 339 g/mol. The van der Waals surface area contributed by atoms with E-state index < -0.39 is 5.60 Å². The Labute approximate surface area is 146 Å². The van der Waals surface area contributed by atoms with Gasteiger partial charge in [0.1, 0.15) is 17.0 Å². The number of esters is 1. The molecule has 7 nitrogen and oxygen atoms in total. The van der Waals surface area contributed by atoms with Crippen LogP contribution in [0.4, 0.5) is 11.8 Å². The zero-order valence-electron chi connectivity index (χ0n) is 14.4. The predicted octanol–water partition coefficient (Wildman–Crippen LogP) is 2.36. The molecular weight excluding hydrogens is 318 g/mol. The van der Waals surface area contributed by atoms with Gasteiger partial charge in [-0.3, -0.25) is 0 Å². The summed E-state index contributed by atoms with van der Waals surface area (Å²) < 4.78 is 5.49. The molecule has 0 aromatic carbocycles. The normalized spacial score (nSPS) is 21.6. The summed E-state index contributed by atoms with van der Waals surface area (Å²) in [5, 5.41) is 3.44. The Balaban J connectivity index is 1.55. The third kappa shape index (κ3) is 2.90. The second-order valence-corrected chi connectivity index (χ2v) is 6.96. The Hall–Kier alpha value is -2.70. The highest BCUT2D eigenvalue weighted by atomic mass is 16.6. The summed E-state index contributed by atoms with van der Waals surface area (Å²) in [5.41, 5.74) is 0.831. The first-order valence-electron chi connectivity index (χ1n) is 8.56. The van der Waals surface area contributed by atoms with Crippen LogP contribution in [0.2, 0.25) is 0 Å². The number of cyclic esters (lactones) is 1. The van der Waals surface area contributed by atoms with Crippen LogP contribution in [0, 0.1) is 0 Å². The molecule has 0 bridgehead atoms. The van der Waals surface area contributed by atoms with Gasteiger partial charge in [-0.25, -0.2) is 19.7 Å². The van der Waals surface area contributed by atoms with Gasteiger partial charge >= 0.3 is 5.97 Å². The summed E-state index contributed by atoms with van der Waals surface area (Å²) in [6.45, 7) is 5.50. The molecule has 1 unspecified atom stereocenters. The lowest BCUT2D eigenvalue weighted by atomic mass is 9.97. The van der Waals surface area contributed by atoms with Crippen LogP contribution in [0.5, 0.6) is 0 Å². The predicted molar refractivity (Wildman–Crippen MR) is 93.6 cm³/mol. The van der Waals surface area contributed by atoms with E-state index in [0.29, 0.717) is 11.4 Å². The molecule has 0 spiro atoms. The smallest absolute Gasteiger partial charge is 0.343 e. The van der Waals surface area contributed by atoms with Gasteiger partial charge in [-0.15, -0.1) is 0 Å². The Bertz CT molecular complexity index is 793. The van der Waals surface area contributed by atoms with Crippen molar-refractivity contribution in [3.8, 4) is 0 Å². The second-order valence-electron chi connectivity index (χ2n) is 6.96. The summed E-state index contributed by atoms with van der Waals surface area (Å²) in [6.07, 6.45) is 7.27. The Kier molecular flexibility index (Phi) is 3.78. The first kappa shape index (κ1) is 15.8. The minimum Gasteiger partial charge on any atom is -0.451 e. The van der Waals surface area contributed by atoms with Crippen molar-refractivity contribution in [3.05, 3.63) is 41.9 Å². The fraction of sp³-hybridized carbons (Fsp3) is 0.444. The summed E-state index contributed by atoms with van der Waals surface area (Å²) >= 11 is 0. The summed E-state index contributed by atoms with van der Waals surface area (Å²) in [6, 6.07) is 3.84. The van der Waals surface area contributed by atoms with Crippen LogP contribution in [0.25, 0.3) is 0 Å². The molecule has 130 valence electrons. The van der Waals surface area contributed by atoms with E-state index in [1.807, 2.05) is 26.0 Å². The number of aromatic nitrogens is 3. The molecule has 1 fully saturated rings. The fourth-order valence-electron chi connectivity index (χ4n) is 3.54. The van der Waals surface area contributed by atoms with E-state index in [9.17, 15) is 4.79 Å². The molecule has 2 aliphatic rings. The van der Waals surface area contributed by atoms with E-state index in [2.05, 4.69) is 25.2 Å². The van der Waals surface area contributed by atoms with Gasteiger partial charge < -0.3 is 15.0 Å². The third-order valence-corrected chi connectivity index (χ3v) is 4.75. The molecule has 2 aromatic rings. The first-order chi connectivity index (χ1) is 12.0. The number of ether oxygens (including phenoxy) is 1. The zero-order valence-corrected chi connectivity index (χ0v) is 14.4. The van der Waals surface area contributed by atoms with Crippen molar-refractivity contribution >= 4 is 17.7 Å². The standard InChI is InChI=1S/C18H21N5O2/c1-18(2)13-6-9-19-15(14(13)16(24)25-18)22-12-5-3-10-23(11-12)17-20-7-4-8-21-17/h4,6-9,12H,3,5,10-11H2,1-2H3,(H,19,22). The maximum Gasteiger partial charge on any atom is 0.343 e. The van der Waals surface area contributed by atoms with E-state index in [1.54, 1.807) is 18.6 Å². The number of rotatable bonds is 3. The molecule has 0 saturated carbocycles. The number of hydrogen-bond donors (Lipinski definition) is 1. The van der Waals surface area contributed by atoms with Gasteiger partial charge in [0.15, 0.2) is 0 Å². The Morgan fingerprint density at radius 3 is 2.84 bits per heavy atom. The molecule has 2 aliphatic heterocycles. The number of nitrogens with zero attached hydrogens (tertiary/aromatic N) is 4. The largest absolute Gasteiger partial charge is 0.451 e. The second kappa shape index (κ2) is 5.98. The fourth-order valence-corrected chi connectivity index (χ4v) is 3.54. The summed E-state index contributed by atoms with van der Waals surface area (Å²) in [5.74, 6) is 1.03. The highest BCUT2D eigenvalue weighted by Crippen LogP contribution is 2.38. The number of carbonyl (C=O) groups excluding carboxylic acids is 1. The zero-order chi connectivity index (χ0) is 17.4. The lowest BCUT2D eigenvalue weighted by Gasteiger charge is -2.33. The number of piperidine rings is 1. The molecular formula is C18H21N5O2. The molecule has 0 radical (unpaired) electrons. The van der Waals surface area contributed by atoms with E-state index in [-0.39, 0.29) is 12.0 Å². The molecule has 1 atom stereocenters. The number of nitrogens with one attached hydrogen (secondary N) is 1. The van der Waals surface area contributed by atoms with Crippen molar-refractivity contribution in [2.24, 2.45) is 0 Å². The maximum absolute atomic E-state index is 12.3. The molecule has 4 rings (SSSR count). The molecule has 25 heavy (non-hydrogen) atoms. The Morgan fingerprint density at radius 2 is 2.04 bits per heavy atom. The Morgan fingerprint density at radius 1 is 1.24 bits per heavy atom. The maximum atomic E-state index is 12.3. The number of anilines is 2. The third-order valence-electron chi connectivity index (χ3n) is 4.75. The molecule has 4 heterocycles. The van der Waals surface area contributed by atoms with E-state index in [0.717, 1.165) is 37.4 Å². The monoisotopic (exact) mass is 339 g/mol. The van der Waals surface area contributed by atoms with Crippen LogP contribution in [0.15, 0.2) is 30.7 Å². The lowest BCUT2D eigenvalue weighted by Crippen LogP contribution is -2.43. The lowest BCUT2D eigenvalue weighted by molar-refractivity contribution is 0.00958. The molecule has 1 N–H and O–H groups in total. The number of pyridine rings is 1. The quantitative estimate of drug-likeness (QED) is 0.860. The number of hydrogen-bond acceptors (Lipinski definition) is 7. The molecule has 2 aromatic heterocycles. The number of fused-ring (bicyclic) bond motifs is 1.